The van der Waals surface area contributed by atoms with E-state index in [1.807, 2.05) is 0 Å². The molecular weight excluding hydrogens is 194 g/mol. The van der Waals surface area contributed by atoms with E-state index in [0.717, 1.165) is 12.1 Å². The average Bonchev–Trinajstić information content (AvgIpc) is 2.29. The summed E-state index contributed by atoms with van der Waals surface area (Å²) in [5, 5.41) is 0. The highest BCUT2D eigenvalue weighted by molar-refractivity contribution is 4.77. The summed E-state index contributed by atoms with van der Waals surface area (Å²) in [6, 6.07) is 1.64. The fraction of sp³-hybridized carbons (Fsp3) is 1.00. The number of rotatable bonds is 10. The number of nitrogens with zero attached hydrogens (tertiary/aromatic N) is 1. The molecule has 0 atom stereocenters. The summed E-state index contributed by atoms with van der Waals surface area (Å²) in [6.07, 6.45) is 9.31. The molecule has 0 aromatic heterocycles. The standard InChI is InChI=1S/C15H33N/c1-6-11-15(12-7-2)16(13-8-3)14(9-4)10-5/h14-15H,6-13H2,1-5H3. The Morgan fingerprint density at radius 2 is 1.19 bits per heavy atom. The zero-order chi connectivity index (χ0) is 12.4. The first kappa shape index (κ1) is 16.0. The molecular formula is C15H33N. The van der Waals surface area contributed by atoms with Crippen molar-refractivity contribution in [1.82, 2.24) is 4.90 Å². The third-order valence-electron chi connectivity index (χ3n) is 3.61. The van der Waals surface area contributed by atoms with Crippen LogP contribution in [0.25, 0.3) is 0 Å². The van der Waals surface area contributed by atoms with E-state index in [1.54, 1.807) is 0 Å². The first-order valence-electron chi connectivity index (χ1n) is 7.50. The van der Waals surface area contributed by atoms with Crippen LogP contribution in [0.1, 0.15) is 79.6 Å². The maximum Gasteiger partial charge on any atom is 0.00979 e. The van der Waals surface area contributed by atoms with Crippen molar-refractivity contribution in [1.29, 1.82) is 0 Å². The van der Waals surface area contributed by atoms with Crippen molar-refractivity contribution in [2.75, 3.05) is 6.54 Å². The van der Waals surface area contributed by atoms with Crippen LogP contribution in [0.3, 0.4) is 0 Å². The SMILES string of the molecule is CCCC(CCC)N(CCC)C(CC)CC. The highest BCUT2D eigenvalue weighted by atomic mass is 15.2. The molecule has 1 nitrogen and oxygen atoms in total. The molecule has 0 saturated heterocycles. The van der Waals surface area contributed by atoms with Crippen molar-refractivity contribution in [3.05, 3.63) is 0 Å². The summed E-state index contributed by atoms with van der Waals surface area (Å²) in [6.45, 7) is 12.9. The molecule has 16 heavy (non-hydrogen) atoms. The Labute approximate surface area is 104 Å². The molecule has 0 saturated carbocycles. The first-order chi connectivity index (χ1) is 7.74. The molecule has 0 heterocycles. The van der Waals surface area contributed by atoms with Crippen LogP contribution in [0.2, 0.25) is 0 Å². The predicted octanol–water partition coefficient (Wildman–Crippen LogP) is 4.86. The average molecular weight is 227 g/mol. The summed E-state index contributed by atoms with van der Waals surface area (Å²) >= 11 is 0. The van der Waals surface area contributed by atoms with Crippen LogP contribution < -0.4 is 0 Å². The summed E-state index contributed by atoms with van der Waals surface area (Å²) in [5.41, 5.74) is 0. The Hall–Kier alpha value is -0.0400. The van der Waals surface area contributed by atoms with Gasteiger partial charge in [0.25, 0.3) is 0 Å². The van der Waals surface area contributed by atoms with Gasteiger partial charge in [0.2, 0.25) is 0 Å². The van der Waals surface area contributed by atoms with Crippen molar-refractivity contribution >= 4 is 0 Å². The molecule has 98 valence electrons. The van der Waals surface area contributed by atoms with Crippen molar-refractivity contribution in [2.24, 2.45) is 0 Å². The van der Waals surface area contributed by atoms with Gasteiger partial charge >= 0.3 is 0 Å². The van der Waals surface area contributed by atoms with Crippen LogP contribution in [-0.4, -0.2) is 23.5 Å². The lowest BCUT2D eigenvalue weighted by molar-refractivity contribution is 0.111. The number of hydrogen-bond acceptors (Lipinski definition) is 1. The highest BCUT2D eigenvalue weighted by Gasteiger charge is 2.22. The van der Waals surface area contributed by atoms with E-state index in [-0.39, 0.29) is 0 Å². The molecule has 0 bridgehead atoms. The topological polar surface area (TPSA) is 3.24 Å². The van der Waals surface area contributed by atoms with Crippen molar-refractivity contribution in [3.8, 4) is 0 Å². The molecule has 0 aliphatic heterocycles. The smallest absolute Gasteiger partial charge is 0.00979 e. The van der Waals surface area contributed by atoms with Gasteiger partial charge in [-0.3, -0.25) is 4.90 Å². The lowest BCUT2D eigenvalue weighted by Gasteiger charge is -2.37. The molecule has 0 spiro atoms. The Kier molecular flexibility index (Phi) is 10.1. The molecule has 0 aliphatic rings. The van der Waals surface area contributed by atoms with Crippen LogP contribution in [0.15, 0.2) is 0 Å². The molecule has 0 aliphatic carbocycles. The molecule has 0 N–H and O–H groups in total. The molecule has 0 radical (unpaired) electrons. The highest BCUT2D eigenvalue weighted by Crippen LogP contribution is 2.20. The lowest BCUT2D eigenvalue weighted by atomic mass is 10.00. The Bertz CT molecular complexity index is 134. The van der Waals surface area contributed by atoms with E-state index in [1.165, 1.54) is 51.5 Å². The van der Waals surface area contributed by atoms with Crippen LogP contribution in [0.4, 0.5) is 0 Å². The van der Waals surface area contributed by atoms with E-state index >= 15 is 0 Å². The van der Waals surface area contributed by atoms with Gasteiger partial charge in [0.1, 0.15) is 0 Å². The quantitative estimate of drug-likeness (QED) is 0.515. The zero-order valence-electron chi connectivity index (χ0n) is 12.3. The maximum absolute atomic E-state index is 2.80. The Morgan fingerprint density at radius 1 is 0.688 bits per heavy atom. The third-order valence-corrected chi connectivity index (χ3v) is 3.61. The largest absolute Gasteiger partial charge is 0.297 e. The van der Waals surface area contributed by atoms with Gasteiger partial charge in [-0.2, -0.15) is 0 Å². The summed E-state index contributed by atoms with van der Waals surface area (Å²) in [4.78, 5) is 2.80. The summed E-state index contributed by atoms with van der Waals surface area (Å²) in [5.74, 6) is 0. The minimum Gasteiger partial charge on any atom is -0.297 e. The third kappa shape index (κ3) is 5.34. The van der Waals surface area contributed by atoms with E-state index < -0.39 is 0 Å². The van der Waals surface area contributed by atoms with Gasteiger partial charge in [-0.25, -0.2) is 0 Å². The van der Waals surface area contributed by atoms with E-state index in [0.29, 0.717) is 0 Å². The molecule has 0 unspecified atom stereocenters. The molecule has 1 heteroatoms. The second-order valence-corrected chi connectivity index (χ2v) is 4.94. The summed E-state index contributed by atoms with van der Waals surface area (Å²) in [7, 11) is 0. The minimum atomic E-state index is 0.808. The van der Waals surface area contributed by atoms with Crippen molar-refractivity contribution in [2.45, 2.75) is 91.6 Å². The fourth-order valence-electron chi connectivity index (χ4n) is 2.82. The van der Waals surface area contributed by atoms with Gasteiger partial charge in [0.05, 0.1) is 0 Å². The second kappa shape index (κ2) is 10.1. The Balaban J connectivity index is 4.52. The fourth-order valence-corrected chi connectivity index (χ4v) is 2.82. The maximum atomic E-state index is 2.80. The van der Waals surface area contributed by atoms with E-state index in [9.17, 15) is 0 Å². The van der Waals surface area contributed by atoms with Gasteiger partial charge in [0, 0.05) is 12.1 Å². The minimum absolute atomic E-state index is 0.808. The molecule has 0 rings (SSSR count). The van der Waals surface area contributed by atoms with Crippen LogP contribution in [0, 0.1) is 0 Å². The normalized spacial score (nSPS) is 12.0. The molecule has 0 aromatic carbocycles. The monoisotopic (exact) mass is 227 g/mol. The number of hydrogen-bond donors (Lipinski definition) is 0. The van der Waals surface area contributed by atoms with Gasteiger partial charge in [-0.05, 0) is 38.6 Å². The van der Waals surface area contributed by atoms with E-state index in [2.05, 4.69) is 39.5 Å². The van der Waals surface area contributed by atoms with Crippen molar-refractivity contribution in [3.63, 3.8) is 0 Å². The molecule has 0 fully saturated rings. The molecule has 0 amide bonds. The van der Waals surface area contributed by atoms with Crippen LogP contribution >= 0.6 is 0 Å². The Morgan fingerprint density at radius 3 is 1.50 bits per heavy atom. The van der Waals surface area contributed by atoms with Crippen molar-refractivity contribution < 1.29 is 0 Å². The van der Waals surface area contributed by atoms with Gasteiger partial charge in [0.15, 0.2) is 0 Å². The van der Waals surface area contributed by atoms with Gasteiger partial charge in [-0.1, -0.05) is 47.5 Å². The molecule has 0 aromatic rings. The van der Waals surface area contributed by atoms with Gasteiger partial charge in [-0.15, -0.1) is 0 Å². The zero-order valence-corrected chi connectivity index (χ0v) is 12.3. The lowest BCUT2D eigenvalue weighted by Crippen LogP contribution is -2.43. The predicted molar refractivity (Wildman–Crippen MR) is 75.0 cm³/mol. The van der Waals surface area contributed by atoms with Crippen LogP contribution in [0.5, 0.6) is 0 Å². The van der Waals surface area contributed by atoms with Gasteiger partial charge < -0.3 is 0 Å². The first-order valence-corrected chi connectivity index (χ1v) is 7.50. The van der Waals surface area contributed by atoms with Crippen LogP contribution in [-0.2, 0) is 0 Å². The summed E-state index contributed by atoms with van der Waals surface area (Å²) < 4.78 is 0. The van der Waals surface area contributed by atoms with E-state index in [4.69, 9.17) is 0 Å². The second-order valence-electron chi connectivity index (χ2n) is 4.94.